The van der Waals surface area contributed by atoms with Gasteiger partial charge in [-0.1, -0.05) is 37.2 Å². The number of aliphatic hydroxyl groups excluding tert-OH is 1. The summed E-state index contributed by atoms with van der Waals surface area (Å²) in [5.74, 6) is -1.75. The third kappa shape index (κ3) is 5.69. The molecular formula is C29H31N3O7S. The zero-order valence-corrected chi connectivity index (χ0v) is 23.6. The minimum atomic E-state index is -1.06. The number of carbonyl (C=O) groups excluding carboxylic acids is 3. The number of rotatable bonds is 11. The molecule has 1 fully saturated rings. The van der Waals surface area contributed by atoms with Crippen molar-refractivity contribution in [2.24, 2.45) is 0 Å². The Bertz CT molecular complexity index is 1430. The Kier molecular flexibility index (Phi) is 9.15. The number of nitrogens with zero attached hydrogens (tertiary/aromatic N) is 3. The number of esters is 1. The van der Waals surface area contributed by atoms with Crippen molar-refractivity contribution in [3.8, 4) is 11.5 Å². The van der Waals surface area contributed by atoms with E-state index in [1.807, 2.05) is 6.92 Å². The van der Waals surface area contributed by atoms with Gasteiger partial charge >= 0.3 is 11.9 Å². The topological polar surface area (TPSA) is 128 Å². The number of anilines is 1. The summed E-state index contributed by atoms with van der Waals surface area (Å²) in [5.41, 5.74) is 1.05. The number of aliphatic hydroxyl groups is 1. The Hall–Kier alpha value is -4.25. The van der Waals surface area contributed by atoms with Gasteiger partial charge in [0.2, 0.25) is 0 Å². The van der Waals surface area contributed by atoms with Crippen LogP contribution in [0.25, 0.3) is 5.76 Å². The number of thiazole rings is 1. The normalized spacial score (nSPS) is 16.3. The lowest BCUT2D eigenvalue weighted by Gasteiger charge is -2.24. The van der Waals surface area contributed by atoms with E-state index in [4.69, 9.17) is 14.2 Å². The highest BCUT2D eigenvalue weighted by Crippen LogP contribution is 2.45. The van der Waals surface area contributed by atoms with E-state index >= 15 is 0 Å². The Morgan fingerprint density at radius 2 is 1.82 bits per heavy atom. The summed E-state index contributed by atoms with van der Waals surface area (Å²) in [6.45, 7) is 6.45. The van der Waals surface area contributed by atoms with Gasteiger partial charge in [0.1, 0.15) is 10.6 Å². The van der Waals surface area contributed by atoms with Crippen LogP contribution in [-0.4, -0.2) is 53.1 Å². The highest BCUT2D eigenvalue weighted by molar-refractivity contribution is 7.17. The summed E-state index contributed by atoms with van der Waals surface area (Å²) in [5, 5.41) is 11.4. The van der Waals surface area contributed by atoms with E-state index in [0.29, 0.717) is 41.5 Å². The van der Waals surface area contributed by atoms with Gasteiger partial charge in [-0.15, -0.1) is 0 Å². The van der Waals surface area contributed by atoms with Gasteiger partial charge in [0.15, 0.2) is 16.6 Å². The molecule has 0 saturated carbocycles. The minimum Gasteiger partial charge on any atom is -0.507 e. The minimum absolute atomic E-state index is 0.122. The van der Waals surface area contributed by atoms with Crippen LogP contribution in [0.5, 0.6) is 11.5 Å². The second kappa shape index (κ2) is 12.7. The zero-order chi connectivity index (χ0) is 28.8. The highest BCUT2D eigenvalue weighted by Gasteiger charge is 2.48. The number of amides is 1. The van der Waals surface area contributed by atoms with Crippen molar-refractivity contribution in [2.75, 3.05) is 25.2 Å². The number of hydrogen-bond donors (Lipinski definition) is 1. The SMILES string of the molecule is CCCCCOc1ccc(C2C(=C(O)c3ccncc3)C(=O)C(=O)N2c2nc(C)c(C(=O)OC)s2)cc1OCC. The van der Waals surface area contributed by atoms with E-state index in [1.54, 1.807) is 37.3 Å². The van der Waals surface area contributed by atoms with Crippen LogP contribution in [0.3, 0.4) is 0 Å². The second-order valence-electron chi connectivity index (χ2n) is 9.00. The number of unbranched alkanes of at least 4 members (excludes halogenated alkanes) is 2. The molecule has 0 bridgehead atoms. The molecular weight excluding hydrogens is 534 g/mol. The molecule has 1 saturated heterocycles. The van der Waals surface area contributed by atoms with E-state index < -0.39 is 23.7 Å². The van der Waals surface area contributed by atoms with Crippen molar-refractivity contribution in [1.82, 2.24) is 9.97 Å². The van der Waals surface area contributed by atoms with Crippen LogP contribution >= 0.6 is 11.3 Å². The van der Waals surface area contributed by atoms with Crippen LogP contribution in [0.15, 0.2) is 48.3 Å². The van der Waals surface area contributed by atoms with Gasteiger partial charge in [-0.2, -0.15) is 0 Å². The van der Waals surface area contributed by atoms with Gasteiger partial charge in [0.25, 0.3) is 5.78 Å². The number of methoxy groups -OCH3 is 1. The standard InChI is InChI=1S/C29H31N3O7S/c1-5-7-8-15-39-20-10-9-19(16-21(20)38-6-2)23-22(24(33)18-11-13-30-14-12-18)25(34)27(35)32(23)29-31-17(3)26(40-29)28(36)37-4/h9-14,16,23,33H,5-8,15H2,1-4H3. The largest absolute Gasteiger partial charge is 0.507 e. The molecule has 1 aliphatic rings. The molecule has 4 rings (SSSR count). The van der Waals surface area contributed by atoms with Crippen LogP contribution in [-0.2, 0) is 14.3 Å². The number of aryl methyl sites for hydroxylation is 1. The quantitative estimate of drug-likeness (QED) is 0.109. The van der Waals surface area contributed by atoms with Crippen molar-refractivity contribution >= 4 is 39.9 Å². The fourth-order valence-electron chi connectivity index (χ4n) is 4.39. The maximum Gasteiger partial charge on any atom is 0.350 e. The molecule has 0 aliphatic carbocycles. The first-order valence-electron chi connectivity index (χ1n) is 13.0. The number of aromatic nitrogens is 2. The van der Waals surface area contributed by atoms with E-state index in [1.165, 1.54) is 24.4 Å². The number of ether oxygens (including phenoxy) is 3. The molecule has 3 heterocycles. The number of benzene rings is 1. The molecule has 0 radical (unpaired) electrons. The number of pyridine rings is 1. The maximum atomic E-state index is 13.5. The fraction of sp³-hybridized carbons (Fsp3) is 0.345. The van der Waals surface area contributed by atoms with Crippen molar-refractivity contribution in [1.29, 1.82) is 0 Å². The van der Waals surface area contributed by atoms with Crippen molar-refractivity contribution < 1.29 is 33.7 Å². The Balaban J connectivity index is 1.87. The Morgan fingerprint density at radius 1 is 1.07 bits per heavy atom. The molecule has 0 spiro atoms. The van der Waals surface area contributed by atoms with Gasteiger partial charge in [-0.05, 0) is 50.1 Å². The molecule has 210 valence electrons. The number of hydrogen-bond acceptors (Lipinski definition) is 10. The van der Waals surface area contributed by atoms with E-state index in [0.717, 1.165) is 30.6 Å². The van der Waals surface area contributed by atoms with E-state index in [9.17, 15) is 19.5 Å². The number of ketones is 1. The van der Waals surface area contributed by atoms with Gasteiger partial charge in [0, 0.05) is 18.0 Å². The molecule has 1 amide bonds. The first-order chi connectivity index (χ1) is 19.3. The molecule has 3 aromatic rings. The van der Waals surface area contributed by atoms with Crippen LogP contribution in [0, 0.1) is 6.92 Å². The van der Waals surface area contributed by atoms with Crippen molar-refractivity contribution in [2.45, 2.75) is 46.1 Å². The summed E-state index contributed by atoms with van der Waals surface area (Å²) >= 11 is 0.934. The van der Waals surface area contributed by atoms with E-state index in [2.05, 4.69) is 16.9 Å². The van der Waals surface area contributed by atoms with Gasteiger partial charge in [-0.3, -0.25) is 19.5 Å². The highest BCUT2D eigenvalue weighted by atomic mass is 32.1. The Labute approximate surface area is 236 Å². The fourth-order valence-corrected chi connectivity index (χ4v) is 5.41. The monoisotopic (exact) mass is 565 g/mol. The summed E-state index contributed by atoms with van der Waals surface area (Å²) < 4.78 is 16.7. The maximum absolute atomic E-state index is 13.5. The smallest absolute Gasteiger partial charge is 0.350 e. The van der Waals surface area contributed by atoms with Gasteiger partial charge < -0.3 is 19.3 Å². The third-order valence-electron chi connectivity index (χ3n) is 6.35. The Morgan fingerprint density at radius 3 is 2.50 bits per heavy atom. The molecule has 10 nitrogen and oxygen atoms in total. The average Bonchev–Trinajstić information content (AvgIpc) is 3.47. The number of carbonyl (C=O) groups is 3. The van der Waals surface area contributed by atoms with Crippen LogP contribution in [0.4, 0.5) is 5.13 Å². The third-order valence-corrected chi connectivity index (χ3v) is 7.49. The summed E-state index contributed by atoms with van der Waals surface area (Å²) in [7, 11) is 1.25. The van der Waals surface area contributed by atoms with Crippen molar-refractivity contribution in [3.05, 3.63) is 70.0 Å². The van der Waals surface area contributed by atoms with Crippen LogP contribution in [0.2, 0.25) is 0 Å². The first-order valence-corrected chi connectivity index (χ1v) is 13.8. The molecule has 1 aliphatic heterocycles. The summed E-state index contributed by atoms with van der Waals surface area (Å²) in [6.07, 6.45) is 5.94. The summed E-state index contributed by atoms with van der Waals surface area (Å²) in [4.78, 5) is 49.0. The molecule has 1 aromatic carbocycles. The molecule has 1 unspecified atom stereocenters. The van der Waals surface area contributed by atoms with Gasteiger partial charge in [-0.25, -0.2) is 9.78 Å². The molecule has 2 aromatic heterocycles. The molecule has 11 heteroatoms. The second-order valence-corrected chi connectivity index (χ2v) is 9.98. The van der Waals surface area contributed by atoms with Crippen molar-refractivity contribution in [3.63, 3.8) is 0 Å². The average molecular weight is 566 g/mol. The zero-order valence-electron chi connectivity index (χ0n) is 22.8. The van der Waals surface area contributed by atoms with Gasteiger partial charge in [0.05, 0.1) is 37.6 Å². The lowest BCUT2D eigenvalue weighted by Crippen LogP contribution is -2.29. The van der Waals surface area contributed by atoms with E-state index in [-0.39, 0.29) is 21.3 Å². The predicted molar refractivity (Wildman–Crippen MR) is 150 cm³/mol. The lowest BCUT2D eigenvalue weighted by atomic mass is 9.95. The summed E-state index contributed by atoms with van der Waals surface area (Å²) in [6, 6.07) is 7.18. The first kappa shape index (κ1) is 28.8. The molecule has 40 heavy (non-hydrogen) atoms. The molecule has 1 atom stereocenters. The lowest BCUT2D eigenvalue weighted by molar-refractivity contribution is -0.132. The van der Waals surface area contributed by atoms with Crippen LogP contribution < -0.4 is 14.4 Å². The number of Topliss-reactive ketones (excluding diaryl/α,β-unsaturated/α-hetero) is 1. The molecule has 1 N–H and O–H groups in total. The van der Waals surface area contributed by atoms with Crippen LogP contribution in [0.1, 0.15) is 65.6 Å². The predicted octanol–water partition coefficient (Wildman–Crippen LogP) is 5.23.